The fourth-order valence-corrected chi connectivity index (χ4v) is 7.70. The van der Waals surface area contributed by atoms with Crippen molar-refractivity contribution in [3.63, 3.8) is 0 Å². The van der Waals surface area contributed by atoms with Gasteiger partial charge >= 0.3 is 12.1 Å². The molecular formula is C35H40ClF4N5O5. The number of halogens is 5. The maximum absolute atomic E-state index is 15.8. The summed E-state index contributed by atoms with van der Waals surface area (Å²) >= 11 is 6.56. The Labute approximate surface area is 291 Å². The van der Waals surface area contributed by atoms with E-state index in [9.17, 15) is 32.7 Å². The van der Waals surface area contributed by atoms with Gasteiger partial charge in [0.2, 0.25) is 5.85 Å². The molecule has 1 saturated carbocycles. The second kappa shape index (κ2) is 15.0. The van der Waals surface area contributed by atoms with Crippen molar-refractivity contribution in [2.45, 2.75) is 63.1 Å². The second-order valence-corrected chi connectivity index (χ2v) is 13.7. The number of hydrogen-bond acceptors (Lipinski definition) is 7. The second-order valence-electron chi connectivity index (χ2n) is 13.3. The number of carboxylic acids is 1. The summed E-state index contributed by atoms with van der Waals surface area (Å²) in [5.41, 5.74) is 1.09. The number of carbonyl (C=O) groups excluding carboxylic acids is 2. The van der Waals surface area contributed by atoms with Crippen molar-refractivity contribution in [3.8, 4) is 0 Å². The van der Waals surface area contributed by atoms with Gasteiger partial charge in [0.15, 0.2) is 5.78 Å². The summed E-state index contributed by atoms with van der Waals surface area (Å²) in [5, 5.41) is 12.9. The van der Waals surface area contributed by atoms with Crippen LogP contribution in [0.2, 0.25) is 5.02 Å². The van der Waals surface area contributed by atoms with Crippen molar-refractivity contribution in [1.29, 1.82) is 0 Å². The number of fused-ring (bicyclic) bond motifs is 1. The van der Waals surface area contributed by atoms with Gasteiger partial charge in [-0.2, -0.15) is 13.2 Å². The van der Waals surface area contributed by atoms with Gasteiger partial charge in [0.05, 0.1) is 34.8 Å². The molecule has 3 aromatic rings. The van der Waals surface area contributed by atoms with Crippen LogP contribution in [0.5, 0.6) is 0 Å². The molecule has 1 aromatic heterocycles. The minimum Gasteiger partial charge on any atom is -0.481 e. The summed E-state index contributed by atoms with van der Waals surface area (Å²) in [6.45, 7) is 0.196. The summed E-state index contributed by atoms with van der Waals surface area (Å²) in [4.78, 5) is 47.4. The minimum absolute atomic E-state index is 0.0165. The lowest BCUT2D eigenvalue weighted by Crippen LogP contribution is -2.71. The Morgan fingerprint density at radius 1 is 0.960 bits per heavy atom. The van der Waals surface area contributed by atoms with E-state index in [-0.39, 0.29) is 42.5 Å². The molecule has 3 aliphatic rings. The Morgan fingerprint density at radius 2 is 1.62 bits per heavy atom. The lowest BCUT2D eigenvalue weighted by molar-refractivity contribution is -0.262. The highest BCUT2D eigenvalue weighted by atomic mass is 35.5. The standard InChI is InChI=1S/C35H40ClF4N5O5/c36-27-17-23(28(37)19-30(27)42-32(47)26-20-41-29-6-2-1-5-25(26)29)18-31(46)35(44-11-3-4-12-44,50-24-9-7-22(8-10-24)33(48)49)45-15-13-43(14-16-45)21-34(38,39)40/h1-2,5-6,17,19-20,22,24,41H,3-4,7-16,18,21H2,(H,42,47)(H,48,49)/t22-,24-,35?. The topological polar surface area (TPSA) is 118 Å². The molecule has 1 unspecified atom stereocenters. The minimum atomic E-state index is -4.37. The number of alkyl halides is 3. The third-order valence-corrected chi connectivity index (χ3v) is 10.3. The number of nitrogens with one attached hydrogen (secondary N) is 2. The molecule has 2 aromatic carbocycles. The zero-order valence-corrected chi connectivity index (χ0v) is 28.2. The Hall–Kier alpha value is -3.56. The highest BCUT2D eigenvalue weighted by Crippen LogP contribution is 2.37. The highest BCUT2D eigenvalue weighted by Gasteiger charge is 2.53. The molecule has 0 radical (unpaired) electrons. The number of Topliss-reactive ketones (excluding diaryl/α,β-unsaturated/α-hetero) is 1. The van der Waals surface area contributed by atoms with Gasteiger partial charge in [-0.3, -0.25) is 29.1 Å². The van der Waals surface area contributed by atoms with Crippen molar-refractivity contribution in [2.75, 3.05) is 51.1 Å². The number of carbonyl (C=O) groups is 3. The number of aromatic amines is 1. The van der Waals surface area contributed by atoms with Crippen molar-refractivity contribution in [2.24, 2.45) is 5.92 Å². The van der Waals surface area contributed by atoms with Crippen LogP contribution in [0.3, 0.4) is 0 Å². The van der Waals surface area contributed by atoms with E-state index in [2.05, 4.69) is 10.3 Å². The first-order valence-electron chi connectivity index (χ1n) is 16.9. The van der Waals surface area contributed by atoms with Gasteiger partial charge in [0, 0.05) is 62.8 Å². The van der Waals surface area contributed by atoms with Gasteiger partial charge in [-0.25, -0.2) is 4.39 Å². The predicted molar refractivity (Wildman–Crippen MR) is 178 cm³/mol. The molecule has 1 aliphatic carbocycles. The molecule has 2 saturated heterocycles. The Bertz CT molecular complexity index is 1710. The number of ether oxygens (including phenoxy) is 1. The van der Waals surface area contributed by atoms with Crippen LogP contribution in [0, 0.1) is 11.7 Å². The molecule has 10 nitrogen and oxygen atoms in total. The van der Waals surface area contributed by atoms with Crippen LogP contribution in [0.15, 0.2) is 42.6 Å². The summed E-state index contributed by atoms with van der Waals surface area (Å²) in [6.07, 6.45) is -0.720. The number of para-hydroxylation sites is 1. The van der Waals surface area contributed by atoms with Crippen molar-refractivity contribution in [1.82, 2.24) is 19.7 Å². The number of benzene rings is 2. The first-order valence-corrected chi connectivity index (χ1v) is 17.3. The number of anilines is 1. The number of ketones is 1. The van der Waals surface area contributed by atoms with Crippen molar-refractivity contribution < 1.29 is 41.8 Å². The van der Waals surface area contributed by atoms with Gasteiger partial charge in [-0.05, 0) is 62.3 Å². The number of likely N-dealkylation sites (tertiary alicyclic amines) is 1. The number of hydrogen-bond donors (Lipinski definition) is 3. The van der Waals surface area contributed by atoms with Crippen molar-refractivity contribution in [3.05, 3.63) is 64.6 Å². The Balaban J connectivity index is 1.27. The summed E-state index contributed by atoms with van der Waals surface area (Å²) in [6, 6.07) is 9.59. The summed E-state index contributed by atoms with van der Waals surface area (Å²) < 4.78 is 62.3. The molecule has 3 N–H and O–H groups in total. The molecule has 3 fully saturated rings. The van der Waals surface area contributed by atoms with E-state index < -0.39 is 60.5 Å². The van der Waals surface area contributed by atoms with Gasteiger partial charge in [0.1, 0.15) is 5.82 Å². The van der Waals surface area contributed by atoms with E-state index in [0.717, 1.165) is 24.4 Å². The van der Waals surface area contributed by atoms with Gasteiger partial charge in [0.25, 0.3) is 5.91 Å². The smallest absolute Gasteiger partial charge is 0.401 e. The molecule has 0 bridgehead atoms. The van der Waals surface area contributed by atoms with E-state index in [1.165, 1.54) is 11.0 Å². The number of carboxylic acid groups (broad SMARTS) is 1. The number of H-pyrrole nitrogens is 1. The van der Waals surface area contributed by atoms with Crippen LogP contribution in [-0.4, -0.2) is 106 Å². The molecular weight excluding hydrogens is 682 g/mol. The molecule has 3 heterocycles. The molecule has 15 heteroatoms. The quantitative estimate of drug-likeness (QED) is 0.209. The number of aromatic nitrogens is 1. The van der Waals surface area contributed by atoms with Crippen LogP contribution in [0.25, 0.3) is 10.9 Å². The zero-order valence-electron chi connectivity index (χ0n) is 27.4. The highest BCUT2D eigenvalue weighted by molar-refractivity contribution is 6.34. The van der Waals surface area contributed by atoms with E-state index in [0.29, 0.717) is 49.7 Å². The number of amides is 1. The van der Waals surface area contributed by atoms with E-state index in [4.69, 9.17) is 16.3 Å². The predicted octanol–water partition coefficient (Wildman–Crippen LogP) is 5.91. The molecule has 6 rings (SSSR count). The van der Waals surface area contributed by atoms with E-state index in [1.54, 1.807) is 23.2 Å². The van der Waals surface area contributed by atoms with E-state index >= 15 is 4.39 Å². The first kappa shape index (κ1) is 36.2. The number of aliphatic carboxylic acids is 1. The number of rotatable bonds is 11. The molecule has 1 atom stereocenters. The largest absolute Gasteiger partial charge is 0.481 e. The van der Waals surface area contributed by atoms with E-state index in [1.807, 2.05) is 17.0 Å². The lowest BCUT2D eigenvalue weighted by atomic mass is 9.87. The third-order valence-electron chi connectivity index (χ3n) is 10.0. The third kappa shape index (κ3) is 7.84. The Morgan fingerprint density at radius 3 is 2.28 bits per heavy atom. The average molecular weight is 722 g/mol. The molecule has 50 heavy (non-hydrogen) atoms. The number of piperazine rings is 1. The molecule has 0 spiro atoms. The van der Waals surface area contributed by atoms with Crippen LogP contribution in [0.4, 0.5) is 23.2 Å². The zero-order chi connectivity index (χ0) is 35.6. The monoisotopic (exact) mass is 721 g/mol. The maximum Gasteiger partial charge on any atom is 0.401 e. The van der Waals surface area contributed by atoms with Crippen LogP contribution in [-0.2, 0) is 20.7 Å². The average Bonchev–Trinajstić information content (AvgIpc) is 3.77. The molecule has 270 valence electrons. The summed E-state index contributed by atoms with van der Waals surface area (Å²) in [7, 11) is 0. The van der Waals surface area contributed by atoms with Gasteiger partial charge in [-0.15, -0.1) is 0 Å². The SMILES string of the molecule is O=C(Nc1cc(F)c(CC(=O)C(O[C@H]2CC[C@H](C(=O)O)CC2)(N2CCCC2)N2CCN(CC(F)(F)F)CC2)cc1Cl)c1c[nH]c2ccccc12. The molecule has 1 amide bonds. The maximum atomic E-state index is 15.8. The Kier molecular flexibility index (Phi) is 10.8. The fourth-order valence-electron chi connectivity index (χ4n) is 7.47. The molecule has 2 aliphatic heterocycles. The van der Waals surface area contributed by atoms with Crippen molar-refractivity contribution >= 4 is 45.9 Å². The normalized spacial score (nSPS) is 22.4. The van der Waals surface area contributed by atoms with Gasteiger partial charge < -0.3 is 20.1 Å². The fraction of sp³-hybridized carbons (Fsp3) is 0.514. The van der Waals surface area contributed by atoms with Crippen LogP contribution < -0.4 is 5.32 Å². The van der Waals surface area contributed by atoms with Crippen LogP contribution >= 0.6 is 11.6 Å². The first-order chi connectivity index (χ1) is 23.8. The lowest BCUT2D eigenvalue weighted by Gasteiger charge is -2.52. The summed E-state index contributed by atoms with van der Waals surface area (Å²) in [5.74, 6) is -4.89. The van der Waals surface area contributed by atoms with Crippen LogP contribution in [0.1, 0.15) is 54.4 Å². The number of nitrogens with zero attached hydrogens (tertiary/aromatic N) is 3. The van der Waals surface area contributed by atoms with Gasteiger partial charge in [-0.1, -0.05) is 29.8 Å².